The Kier molecular flexibility index (Phi) is 6.26. The van der Waals surface area contributed by atoms with Crippen molar-refractivity contribution in [3.05, 3.63) is 89.8 Å². The van der Waals surface area contributed by atoms with Gasteiger partial charge in [-0.25, -0.2) is 0 Å². The summed E-state index contributed by atoms with van der Waals surface area (Å²) in [7, 11) is 0. The van der Waals surface area contributed by atoms with Crippen molar-refractivity contribution < 1.29 is 14.3 Å². The molecule has 32 heavy (non-hydrogen) atoms. The van der Waals surface area contributed by atoms with Crippen molar-refractivity contribution in [1.82, 2.24) is 4.98 Å². The summed E-state index contributed by atoms with van der Waals surface area (Å²) in [5.41, 5.74) is 4.97. The van der Waals surface area contributed by atoms with Gasteiger partial charge in [-0.1, -0.05) is 51.1 Å². The molecule has 164 valence electrons. The topological polar surface area (TPSA) is 60.5 Å². The molecule has 5 nitrogen and oxygen atoms in total. The van der Waals surface area contributed by atoms with Crippen LogP contribution in [0, 0.1) is 0 Å². The van der Waals surface area contributed by atoms with Crippen LogP contribution in [0.25, 0.3) is 5.57 Å². The number of carbonyl (C=O) groups excluding carboxylic acids is 1. The van der Waals surface area contributed by atoms with Crippen LogP contribution in [-0.2, 0) is 16.6 Å². The molecule has 5 heteroatoms. The molecule has 2 aromatic carbocycles. The van der Waals surface area contributed by atoms with E-state index in [-0.39, 0.29) is 11.3 Å². The molecule has 0 saturated heterocycles. The third kappa shape index (κ3) is 5.35. The first-order chi connectivity index (χ1) is 15.4. The van der Waals surface area contributed by atoms with E-state index in [2.05, 4.69) is 55.3 Å². The van der Waals surface area contributed by atoms with Crippen molar-refractivity contribution >= 4 is 17.2 Å². The van der Waals surface area contributed by atoms with Crippen molar-refractivity contribution in [2.75, 3.05) is 18.5 Å². The second-order valence-corrected chi connectivity index (χ2v) is 8.88. The minimum absolute atomic E-state index is 0.0708. The quantitative estimate of drug-likeness (QED) is 0.552. The van der Waals surface area contributed by atoms with Gasteiger partial charge in [-0.2, -0.15) is 0 Å². The molecule has 3 aromatic rings. The summed E-state index contributed by atoms with van der Waals surface area (Å²) < 4.78 is 11.2. The summed E-state index contributed by atoms with van der Waals surface area (Å²) >= 11 is 0. The minimum Gasteiger partial charge on any atom is -0.486 e. The molecule has 0 spiro atoms. The van der Waals surface area contributed by atoms with Crippen LogP contribution in [0.15, 0.2) is 73.1 Å². The Hall–Kier alpha value is -3.60. The fourth-order valence-corrected chi connectivity index (χ4v) is 3.60. The number of carbonyl (C=O) groups is 1. The third-order valence-electron chi connectivity index (χ3n) is 5.35. The monoisotopic (exact) mass is 428 g/mol. The molecule has 4 rings (SSSR count). The van der Waals surface area contributed by atoms with Crippen molar-refractivity contribution in [2.24, 2.45) is 0 Å². The zero-order valence-electron chi connectivity index (χ0n) is 18.7. The largest absolute Gasteiger partial charge is 0.486 e. The van der Waals surface area contributed by atoms with Crippen LogP contribution in [0.2, 0.25) is 0 Å². The van der Waals surface area contributed by atoms with Gasteiger partial charge in [0, 0.05) is 30.2 Å². The molecule has 2 heterocycles. The minimum atomic E-state index is -0.194. The fourth-order valence-electron chi connectivity index (χ4n) is 3.60. The van der Waals surface area contributed by atoms with Gasteiger partial charge in [0.1, 0.15) is 13.2 Å². The molecule has 0 bridgehead atoms. The Bertz CT molecular complexity index is 1110. The van der Waals surface area contributed by atoms with Gasteiger partial charge in [0.15, 0.2) is 11.5 Å². The number of amides is 1. The number of nitrogens with one attached hydrogen (secondary N) is 1. The third-order valence-corrected chi connectivity index (χ3v) is 5.35. The zero-order valence-corrected chi connectivity index (χ0v) is 18.7. The molecular weight excluding hydrogens is 400 g/mol. The second kappa shape index (κ2) is 9.27. The number of rotatable bonds is 5. The molecule has 0 fully saturated rings. The molecule has 0 unspecified atom stereocenters. The van der Waals surface area contributed by atoms with E-state index in [0.29, 0.717) is 36.8 Å². The Labute approximate surface area is 189 Å². The van der Waals surface area contributed by atoms with E-state index in [4.69, 9.17) is 9.47 Å². The Morgan fingerprint density at radius 1 is 1.03 bits per heavy atom. The van der Waals surface area contributed by atoms with Crippen LogP contribution in [0.5, 0.6) is 11.5 Å². The molecular formula is C27H28N2O3. The number of anilines is 1. The number of hydrogen-bond donors (Lipinski definition) is 1. The highest BCUT2D eigenvalue weighted by atomic mass is 16.6. The first-order valence-electron chi connectivity index (χ1n) is 10.8. The van der Waals surface area contributed by atoms with Crippen LogP contribution in [-0.4, -0.2) is 24.1 Å². The fraction of sp³-hybridized carbons (Fsp3) is 0.259. The van der Waals surface area contributed by atoms with Crippen LogP contribution in [0.4, 0.5) is 5.69 Å². The lowest BCUT2D eigenvalue weighted by Crippen LogP contribution is -2.16. The van der Waals surface area contributed by atoms with Crippen molar-refractivity contribution in [3.8, 4) is 11.5 Å². The highest BCUT2D eigenvalue weighted by Crippen LogP contribution is 2.33. The van der Waals surface area contributed by atoms with Gasteiger partial charge in [-0.15, -0.1) is 0 Å². The Balaban J connectivity index is 1.59. The number of benzene rings is 2. The summed E-state index contributed by atoms with van der Waals surface area (Å²) in [6.07, 6.45) is 5.85. The van der Waals surface area contributed by atoms with E-state index < -0.39 is 0 Å². The van der Waals surface area contributed by atoms with Gasteiger partial charge < -0.3 is 14.8 Å². The summed E-state index contributed by atoms with van der Waals surface area (Å²) in [6.45, 7) is 7.61. The van der Waals surface area contributed by atoms with Gasteiger partial charge in [0.25, 0.3) is 0 Å². The number of allylic oxidation sites excluding steroid dienone is 1. The van der Waals surface area contributed by atoms with E-state index in [0.717, 1.165) is 16.7 Å². The van der Waals surface area contributed by atoms with Crippen LogP contribution >= 0.6 is 0 Å². The molecule has 1 amide bonds. The molecule has 0 atom stereocenters. The molecule has 1 aliphatic rings. The van der Waals surface area contributed by atoms with E-state index in [1.54, 1.807) is 18.3 Å². The number of nitrogens with zero attached hydrogens (tertiary/aromatic N) is 1. The SMILES string of the molecule is CC(C)(C)c1ccc(C(=CC(=O)Nc2ccc3c(c2)OCCO3)Cc2cccnc2)cc1. The molecule has 1 aromatic heterocycles. The molecule has 0 aliphatic carbocycles. The van der Waals surface area contributed by atoms with Gasteiger partial charge >= 0.3 is 0 Å². The maximum absolute atomic E-state index is 12.9. The summed E-state index contributed by atoms with van der Waals surface area (Å²) in [6, 6.07) is 17.8. The van der Waals surface area contributed by atoms with Gasteiger partial charge in [-0.3, -0.25) is 9.78 Å². The number of pyridine rings is 1. The first-order valence-corrected chi connectivity index (χ1v) is 10.8. The number of fused-ring (bicyclic) bond motifs is 1. The maximum Gasteiger partial charge on any atom is 0.248 e. The zero-order chi connectivity index (χ0) is 22.6. The summed E-state index contributed by atoms with van der Waals surface area (Å²) in [5, 5.41) is 2.95. The second-order valence-electron chi connectivity index (χ2n) is 8.88. The lowest BCUT2D eigenvalue weighted by Gasteiger charge is -2.20. The summed E-state index contributed by atoms with van der Waals surface area (Å²) in [5.74, 6) is 1.15. The molecule has 0 saturated carbocycles. The van der Waals surface area contributed by atoms with E-state index in [1.807, 2.05) is 30.5 Å². The van der Waals surface area contributed by atoms with E-state index >= 15 is 0 Å². The standard InChI is InChI=1S/C27H28N2O3/c1-27(2,3)22-8-6-20(7-9-22)21(15-19-5-4-12-28-18-19)16-26(30)29-23-10-11-24-25(17-23)32-14-13-31-24/h4-12,16-18H,13-15H2,1-3H3,(H,29,30). The number of ether oxygens (including phenoxy) is 2. The molecule has 1 N–H and O–H groups in total. The number of hydrogen-bond acceptors (Lipinski definition) is 4. The van der Waals surface area contributed by atoms with Crippen LogP contribution in [0.3, 0.4) is 0 Å². The molecule has 0 radical (unpaired) electrons. The Morgan fingerprint density at radius 2 is 1.78 bits per heavy atom. The lowest BCUT2D eigenvalue weighted by atomic mass is 9.86. The van der Waals surface area contributed by atoms with Crippen LogP contribution < -0.4 is 14.8 Å². The number of aromatic nitrogens is 1. The van der Waals surface area contributed by atoms with Crippen molar-refractivity contribution in [3.63, 3.8) is 0 Å². The predicted molar refractivity (Wildman–Crippen MR) is 127 cm³/mol. The van der Waals surface area contributed by atoms with Crippen molar-refractivity contribution in [2.45, 2.75) is 32.6 Å². The molecule has 1 aliphatic heterocycles. The lowest BCUT2D eigenvalue weighted by molar-refractivity contribution is -0.111. The maximum atomic E-state index is 12.9. The van der Waals surface area contributed by atoms with Gasteiger partial charge in [0.2, 0.25) is 5.91 Å². The van der Waals surface area contributed by atoms with Gasteiger partial charge in [0.05, 0.1) is 0 Å². The van der Waals surface area contributed by atoms with E-state index in [1.165, 1.54) is 5.56 Å². The summed E-state index contributed by atoms with van der Waals surface area (Å²) in [4.78, 5) is 17.1. The average Bonchev–Trinajstić information content (AvgIpc) is 2.79. The highest BCUT2D eigenvalue weighted by molar-refractivity contribution is 6.04. The van der Waals surface area contributed by atoms with E-state index in [9.17, 15) is 4.79 Å². The van der Waals surface area contributed by atoms with Crippen molar-refractivity contribution in [1.29, 1.82) is 0 Å². The average molecular weight is 429 g/mol. The predicted octanol–water partition coefficient (Wildman–Crippen LogP) is 5.42. The highest BCUT2D eigenvalue weighted by Gasteiger charge is 2.15. The van der Waals surface area contributed by atoms with Crippen LogP contribution in [0.1, 0.15) is 37.5 Å². The Morgan fingerprint density at radius 3 is 2.47 bits per heavy atom. The first kappa shape index (κ1) is 21.6. The smallest absolute Gasteiger partial charge is 0.248 e. The van der Waals surface area contributed by atoms with Gasteiger partial charge in [-0.05, 0) is 52.3 Å². The normalized spacial score (nSPS) is 13.5.